The summed E-state index contributed by atoms with van der Waals surface area (Å²) in [5.41, 5.74) is 0. The molecule has 7 heteroatoms. The summed E-state index contributed by atoms with van der Waals surface area (Å²) in [6.45, 7) is 1.09. The second-order valence-corrected chi connectivity index (χ2v) is 6.87. The Kier molecular flexibility index (Phi) is 4.65. The van der Waals surface area contributed by atoms with Gasteiger partial charge in [-0.25, -0.2) is 12.8 Å². The van der Waals surface area contributed by atoms with Crippen LogP contribution in [0.3, 0.4) is 0 Å². The lowest BCUT2D eigenvalue weighted by molar-refractivity contribution is 0.0897. The van der Waals surface area contributed by atoms with Crippen LogP contribution >= 0.6 is 10.7 Å². The summed E-state index contributed by atoms with van der Waals surface area (Å²) in [7, 11) is 1.20. The monoisotopic (exact) mass is 308 g/mol. The normalized spacial score (nSPS) is 19.6. The molecule has 19 heavy (non-hydrogen) atoms. The predicted molar refractivity (Wildman–Crippen MR) is 68.5 cm³/mol. The Hall–Kier alpha value is -0.850. The molecule has 0 radical (unpaired) electrons. The van der Waals surface area contributed by atoms with Crippen molar-refractivity contribution in [1.82, 2.24) is 0 Å². The number of benzene rings is 1. The van der Waals surface area contributed by atoms with Crippen LogP contribution in [0.15, 0.2) is 23.1 Å². The van der Waals surface area contributed by atoms with E-state index < -0.39 is 14.9 Å². The maximum atomic E-state index is 13.6. The van der Waals surface area contributed by atoms with Crippen molar-refractivity contribution < 1.29 is 22.3 Å². The molecule has 1 fully saturated rings. The molecule has 1 aromatic carbocycles. The molecule has 1 saturated heterocycles. The third kappa shape index (κ3) is 4.06. The van der Waals surface area contributed by atoms with Gasteiger partial charge in [-0.3, -0.25) is 0 Å². The smallest absolute Gasteiger partial charge is 0.261 e. The first-order valence-electron chi connectivity index (χ1n) is 5.95. The van der Waals surface area contributed by atoms with E-state index in [4.69, 9.17) is 20.2 Å². The summed E-state index contributed by atoms with van der Waals surface area (Å²) >= 11 is 0. The molecular weight excluding hydrogens is 295 g/mol. The molecule has 0 aliphatic carbocycles. The summed E-state index contributed by atoms with van der Waals surface area (Å²) in [5, 5.41) is 0. The van der Waals surface area contributed by atoms with E-state index in [0.29, 0.717) is 13.0 Å². The SMILES string of the molecule is O=S(=O)(Cl)c1ccc(OCCC2CCCO2)c(F)c1. The molecule has 1 aliphatic heterocycles. The van der Waals surface area contributed by atoms with E-state index in [1.165, 1.54) is 12.1 Å². The van der Waals surface area contributed by atoms with E-state index in [-0.39, 0.29) is 16.7 Å². The minimum Gasteiger partial charge on any atom is -0.490 e. The Bertz CT molecular complexity index is 541. The average Bonchev–Trinajstić information content (AvgIpc) is 2.83. The highest BCUT2D eigenvalue weighted by molar-refractivity contribution is 8.13. The molecule has 1 aliphatic rings. The van der Waals surface area contributed by atoms with Gasteiger partial charge in [0.15, 0.2) is 11.6 Å². The lowest BCUT2D eigenvalue weighted by Crippen LogP contribution is -2.11. The molecular formula is C12H14ClFO4S. The van der Waals surface area contributed by atoms with Gasteiger partial charge in [0, 0.05) is 23.7 Å². The van der Waals surface area contributed by atoms with E-state index in [0.717, 1.165) is 25.5 Å². The number of rotatable bonds is 5. The Morgan fingerprint density at radius 2 is 2.26 bits per heavy atom. The first-order valence-corrected chi connectivity index (χ1v) is 8.26. The number of ether oxygens (including phenoxy) is 2. The fraction of sp³-hybridized carbons (Fsp3) is 0.500. The molecule has 2 rings (SSSR count). The molecule has 1 aromatic rings. The molecule has 1 unspecified atom stereocenters. The lowest BCUT2D eigenvalue weighted by Gasteiger charge is -2.11. The van der Waals surface area contributed by atoms with Gasteiger partial charge >= 0.3 is 0 Å². The average molecular weight is 309 g/mol. The van der Waals surface area contributed by atoms with Crippen LogP contribution in [0.5, 0.6) is 5.75 Å². The van der Waals surface area contributed by atoms with Crippen LogP contribution < -0.4 is 4.74 Å². The van der Waals surface area contributed by atoms with Crippen LogP contribution in [0, 0.1) is 5.82 Å². The first kappa shape index (κ1) is 14.6. The van der Waals surface area contributed by atoms with E-state index in [1.54, 1.807) is 0 Å². The maximum absolute atomic E-state index is 13.6. The Labute approximate surface area is 115 Å². The van der Waals surface area contributed by atoms with Gasteiger partial charge in [0.2, 0.25) is 0 Å². The van der Waals surface area contributed by atoms with Crippen LogP contribution in [0.25, 0.3) is 0 Å². The molecule has 0 aromatic heterocycles. The van der Waals surface area contributed by atoms with Crippen LogP contribution in [-0.4, -0.2) is 27.7 Å². The van der Waals surface area contributed by atoms with E-state index in [2.05, 4.69) is 0 Å². The van der Waals surface area contributed by atoms with Gasteiger partial charge in [-0.05, 0) is 31.0 Å². The van der Waals surface area contributed by atoms with Crippen LogP contribution in [0.4, 0.5) is 4.39 Å². The van der Waals surface area contributed by atoms with Crippen molar-refractivity contribution in [3.05, 3.63) is 24.0 Å². The van der Waals surface area contributed by atoms with Crippen molar-refractivity contribution in [3.63, 3.8) is 0 Å². The summed E-state index contributed by atoms with van der Waals surface area (Å²) in [6.07, 6.45) is 2.90. The zero-order chi connectivity index (χ0) is 13.9. The lowest BCUT2D eigenvalue weighted by atomic mass is 10.2. The second kappa shape index (κ2) is 6.07. The number of hydrogen-bond acceptors (Lipinski definition) is 4. The molecule has 0 N–H and O–H groups in total. The van der Waals surface area contributed by atoms with Gasteiger partial charge in [0.05, 0.1) is 17.6 Å². The molecule has 1 heterocycles. The predicted octanol–water partition coefficient (Wildman–Crippen LogP) is 2.70. The van der Waals surface area contributed by atoms with Crippen molar-refractivity contribution in [2.45, 2.75) is 30.3 Å². The Morgan fingerprint density at radius 1 is 1.47 bits per heavy atom. The fourth-order valence-electron chi connectivity index (χ4n) is 1.92. The molecule has 0 bridgehead atoms. The molecule has 1 atom stereocenters. The highest BCUT2D eigenvalue weighted by atomic mass is 35.7. The van der Waals surface area contributed by atoms with Gasteiger partial charge in [-0.15, -0.1) is 0 Å². The Morgan fingerprint density at radius 3 is 2.84 bits per heavy atom. The van der Waals surface area contributed by atoms with Gasteiger partial charge in [-0.2, -0.15) is 0 Å². The van der Waals surface area contributed by atoms with Gasteiger partial charge in [0.25, 0.3) is 9.05 Å². The van der Waals surface area contributed by atoms with Crippen molar-refractivity contribution in [2.75, 3.05) is 13.2 Å². The number of halogens is 2. The molecule has 0 amide bonds. The topological polar surface area (TPSA) is 52.6 Å². The summed E-state index contributed by atoms with van der Waals surface area (Å²) in [6, 6.07) is 3.33. The third-order valence-electron chi connectivity index (χ3n) is 2.91. The van der Waals surface area contributed by atoms with Gasteiger partial charge < -0.3 is 9.47 Å². The van der Waals surface area contributed by atoms with Gasteiger partial charge in [-0.1, -0.05) is 0 Å². The quantitative estimate of drug-likeness (QED) is 0.785. The minimum atomic E-state index is -3.92. The van der Waals surface area contributed by atoms with Crippen molar-refractivity contribution in [2.24, 2.45) is 0 Å². The maximum Gasteiger partial charge on any atom is 0.261 e. The zero-order valence-corrected chi connectivity index (χ0v) is 11.7. The third-order valence-corrected chi connectivity index (χ3v) is 4.26. The largest absolute Gasteiger partial charge is 0.490 e. The number of hydrogen-bond donors (Lipinski definition) is 0. The molecule has 4 nitrogen and oxygen atoms in total. The van der Waals surface area contributed by atoms with E-state index in [9.17, 15) is 12.8 Å². The van der Waals surface area contributed by atoms with E-state index >= 15 is 0 Å². The van der Waals surface area contributed by atoms with Crippen molar-refractivity contribution >= 4 is 19.7 Å². The molecule has 0 saturated carbocycles. The van der Waals surface area contributed by atoms with Gasteiger partial charge in [0.1, 0.15) is 0 Å². The molecule has 106 valence electrons. The zero-order valence-electron chi connectivity index (χ0n) is 10.1. The highest BCUT2D eigenvalue weighted by Crippen LogP contribution is 2.24. The van der Waals surface area contributed by atoms with Crippen LogP contribution in [-0.2, 0) is 13.8 Å². The summed E-state index contributed by atoms with van der Waals surface area (Å²) in [5.74, 6) is -0.726. The molecule has 0 spiro atoms. The van der Waals surface area contributed by atoms with Crippen LogP contribution in [0.2, 0.25) is 0 Å². The van der Waals surface area contributed by atoms with Crippen LogP contribution in [0.1, 0.15) is 19.3 Å². The van der Waals surface area contributed by atoms with Crippen molar-refractivity contribution in [3.8, 4) is 5.75 Å². The summed E-state index contributed by atoms with van der Waals surface area (Å²) < 4.78 is 46.3. The summed E-state index contributed by atoms with van der Waals surface area (Å²) in [4.78, 5) is -0.279. The standard InChI is InChI=1S/C12H14ClFO4S/c13-19(15,16)10-3-4-12(11(14)8-10)18-7-5-9-2-1-6-17-9/h3-4,8-9H,1-2,5-7H2. The van der Waals surface area contributed by atoms with E-state index in [1.807, 2.05) is 0 Å². The second-order valence-electron chi connectivity index (χ2n) is 4.30. The fourth-order valence-corrected chi connectivity index (χ4v) is 2.69. The first-order chi connectivity index (χ1) is 8.97. The Balaban J connectivity index is 1.93. The van der Waals surface area contributed by atoms with Crippen molar-refractivity contribution in [1.29, 1.82) is 0 Å². The minimum absolute atomic E-state index is 0.0158. The highest BCUT2D eigenvalue weighted by Gasteiger charge is 2.17.